The van der Waals surface area contributed by atoms with Gasteiger partial charge >= 0.3 is 5.97 Å². The molecule has 1 unspecified atom stereocenters. The molecule has 0 aromatic heterocycles. The fourth-order valence-electron chi connectivity index (χ4n) is 1.97. The van der Waals surface area contributed by atoms with Crippen LogP contribution in [0.5, 0.6) is 0 Å². The molecule has 1 aromatic carbocycles. The predicted molar refractivity (Wildman–Crippen MR) is 83.5 cm³/mol. The number of carbonyl (C=O) groups excluding carboxylic acids is 1. The van der Waals surface area contributed by atoms with E-state index in [-0.39, 0.29) is 12.1 Å². The molecule has 0 spiro atoms. The number of esters is 1. The van der Waals surface area contributed by atoms with Gasteiger partial charge in [-0.3, -0.25) is 4.79 Å². The van der Waals surface area contributed by atoms with Gasteiger partial charge in [0.1, 0.15) is 6.10 Å². The lowest BCUT2D eigenvalue weighted by molar-refractivity contribution is -0.148. The molecule has 1 rings (SSSR count). The Morgan fingerprint density at radius 3 is 2.70 bits per heavy atom. The van der Waals surface area contributed by atoms with Crippen LogP contribution in [0, 0.1) is 0 Å². The van der Waals surface area contributed by atoms with Crippen molar-refractivity contribution in [3.05, 3.63) is 60.7 Å². The predicted octanol–water partition coefficient (Wildman–Crippen LogP) is 4.46. The van der Waals surface area contributed by atoms with Crippen molar-refractivity contribution < 1.29 is 9.53 Å². The standard InChI is InChI=1S/C18H24O2/c1-3-5-6-10-14-17(11-4-2)20-18(19)15-16-12-8-7-9-13-16/h4-9,12-13,17H,2-3,10-11,14-15H2,1H3/b6-5+. The second-order valence-corrected chi connectivity index (χ2v) is 4.76. The minimum absolute atomic E-state index is 0.0646. The van der Waals surface area contributed by atoms with Crippen LogP contribution in [0.3, 0.4) is 0 Å². The largest absolute Gasteiger partial charge is 0.462 e. The Bertz CT molecular complexity index is 420. The number of hydrogen-bond donors (Lipinski definition) is 0. The van der Waals surface area contributed by atoms with Crippen LogP contribution in [0.4, 0.5) is 0 Å². The molecule has 0 saturated carbocycles. The zero-order valence-electron chi connectivity index (χ0n) is 12.3. The van der Waals surface area contributed by atoms with Crippen LogP contribution in [-0.2, 0) is 16.0 Å². The van der Waals surface area contributed by atoms with Crippen molar-refractivity contribution in [3.8, 4) is 0 Å². The zero-order valence-corrected chi connectivity index (χ0v) is 12.3. The van der Waals surface area contributed by atoms with E-state index < -0.39 is 0 Å². The van der Waals surface area contributed by atoms with Crippen molar-refractivity contribution in [3.63, 3.8) is 0 Å². The van der Waals surface area contributed by atoms with Crippen LogP contribution >= 0.6 is 0 Å². The summed E-state index contributed by atoms with van der Waals surface area (Å²) in [5.41, 5.74) is 0.987. The van der Waals surface area contributed by atoms with Gasteiger partial charge in [-0.25, -0.2) is 0 Å². The number of rotatable bonds is 9. The van der Waals surface area contributed by atoms with Gasteiger partial charge in [0.25, 0.3) is 0 Å². The Morgan fingerprint density at radius 1 is 1.30 bits per heavy atom. The summed E-state index contributed by atoms with van der Waals surface area (Å²) in [6.07, 6.45) is 9.89. The van der Waals surface area contributed by atoms with Gasteiger partial charge in [-0.05, 0) is 24.8 Å². The Hall–Kier alpha value is -1.83. The lowest BCUT2D eigenvalue weighted by atomic mass is 10.1. The monoisotopic (exact) mass is 272 g/mol. The van der Waals surface area contributed by atoms with Crippen molar-refractivity contribution in [1.29, 1.82) is 0 Å². The second-order valence-electron chi connectivity index (χ2n) is 4.76. The number of carbonyl (C=O) groups is 1. The van der Waals surface area contributed by atoms with Gasteiger partial charge in [0.15, 0.2) is 0 Å². The first-order valence-corrected chi connectivity index (χ1v) is 7.25. The third kappa shape index (κ3) is 6.93. The summed E-state index contributed by atoms with van der Waals surface area (Å²) in [5.74, 6) is -0.164. The molecule has 1 aromatic rings. The molecule has 0 N–H and O–H groups in total. The smallest absolute Gasteiger partial charge is 0.310 e. The Balaban J connectivity index is 2.41. The summed E-state index contributed by atoms with van der Waals surface area (Å²) in [4.78, 5) is 11.9. The van der Waals surface area contributed by atoms with Crippen molar-refractivity contribution in [1.82, 2.24) is 0 Å². The maximum atomic E-state index is 11.9. The van der Waals surface area contributed by atoms with Crippen LogP contribution in [0.25, 0.3) is 0 Å². The Kier molecular flexibility index (Phi) is 8.13. The lowest BCUT2D eigenvalue weighted by Gasteiger charge is -2.15. The van der Waals surface area contributed by atoms with Crippen molar-refractivity contribution >= 4 is 5.97 Å². The summed E-state index contributed by atoms with van der Waals surface area (Å²) in [7, 11) is 0. The van der Waals surface area contributed by atoms with E-state index in [4.69, 9.17) is 4.74 Å². The summed E-state index contributed by atoms with van der Waals surface area (Å²) in [6.45, 7) is 5.84. The van der Waals surface area contributed by atoms with Gasteiger partial charge in [0.05, 0.1) is 6.42 Å². The molecule has 20 heavy (non-hydrogen) atoms. The quantitative estimate of drug-likeness (QED) is 0.490. The highest BCUT2D eigenvalue weighted by atomic mass is 16.5. The van der Waals surface area contributed by atoms with Gasteiger partial charge in [-0.1, -0.05) is 55.5 Å². The van der Waals surface area contributed by atoms with Gasteiger partial charge < -0.3 is 4.74 Å². The molecule has 0 saturated heterocycles. The molecule has 0 aliphatic carbocycles. The summed E-state index contributed by atoms with van der Waals surface area (Å²) < 4.78 is 5.53. The second kappa shape index (κ2) is 10.0. The molecular formula is C18H24O2. The van der Waals surface area contributed by atoms with E-state index in [9.17, 15) is 4.79 Å². The minimum Gasteiger partial charge on any atom is -0.462 e. The maximum Gasteiger partial charge on any atom is 0.310 e. The fourth-order valence-corrected chi connectivity index (χ4v) is 1.97. The molecule has 2 nitrogen and oxygen atoms in total. The molecule has 2 heteroatoms. The SMILES string of the molecule is C=CCC(CC/C=C/CC)OC(=O)Cc1ccccc1. The van der Waals surface area contributed by atoms with Crippen LogP contribution in [0.2, 0.25) is 0 Å². The molecule has 0 bridgehead atoms. The summed E-state index contributed by atoms with van der Waals surface area (Å²) in [6, 6.07) is 9.68. The van der Waals surface area contributed by atoms with Crippen molar-refractivity contribution in [2.45, 2.75) is 45.1 Å². The first-order valence-electron chi connectivity index (χ1n) is 7.25. The Morgan fingerprint density at radius 2 is 2.05 bits per heavy atom. The molecule has 0 aliphatic rings. The van der Waals surface area contributed by atoms with Gasteiger partial charge in [-0.15, -0.1) is 6.58 Å². The molecule has 0 amide bonds. The topological polar surface area (TPSA) is 26.3 Å². The van der Waals surface area contributed by atoms with E-state index in [0.717, 1.165) is 24.8 Å². The van der Waals surface area contributed by atoms with Crippen molar-refractivity contribution in [2.75, 3.05) is 0 Å². The van der Waals surface area contributed by atoms with Crippen LogP contribution in [0.15, 0.2) is 55.1 Å². The third-order valence-corrected chi connectivity index (χ3v) is 2.98. The molecule has 0 heterocycles. The Labute approximate surface area is 122 Å². The van der Waals surface area contributed by atoms with E-state index in [1.807, 2.05) is 36.4 Å². The average Bonchev–Trinajstić information content (AvgIpc) is 2.44. The average molecular weight is 272 g/mol. The van der Waals surface area contributed by atoms with Gasteiger partial charge in [-0.2, -0.15) is 0 Å². The highest BCUT2D eigenvalue weighted by molar-refractivity contribution is 5.72. The summed E-state index contributed by atoms with van der Waals surface area (Å²) in [5, 5.41) is 0. The fraction of sp³-hybridized carbons (Fsp3) is 0.389. The molecule has 0 radical (unpaired) electrons. The highest BCUT2D eigenvalue weighted by Crippen LogP contribution is 2.11. The number of hydrogen-bond acceptors (Lipinski definition) is 2. The van der Waals surface area contributed by atoms with E-state index in [0.29, 0.717) is 12.8 Å². The normalized spacial score (nSPS) is 12.2. The van der Waals surface area contributed by atoms with E-state index in [2.05, 4.69) is 25.7 Å². The van der Waals surface area contributed by atoms with E-state index in [1.54, 1.807) is 0 Å². The minimum atomic E-state index is -0.164. The zero-order chi connectivity index (χ0) is 14.6. The van der Waals surface area contributed by atoms with Crippen LogP contribution in [0.1, 0.15) is 38.2 Å². The molecule has 1 atom stereocenters. The highest BCUT2D eigenvalue weighted by Gasteiger charge is 2.12. The van der Waals surface area contributed by atoms with Crippen molar-refractivity contribution in [2.24, 2.45) is 0 Å². The van der Waals surface area contributed by atoms with E-state index in [1.165, 1.54) is 0 Å². The van der Waals surface area contributed by atoms with E-state index >= 15 is 0 Å². The number of allylic oxidation sites excluding steroid dienone is 2. The first-order chi connectivity index (χ1) is 9.76. The van der Waals surface area contributed by atoms with Gasteiger partial charge in [0, 0.05) is 6.42 Å². The summed E-state index contributed by atoms with van der Waals surface area (Å²) >= 11 is 0. The van der Waals surface area contributed by atoms with Crippen LogP contribution < -0.4 is 0 Å². The molecule has 108 valence electrons. The number of benzene rings is 1. The number of ether oxygens (including phenoxy) is 1. The third-order valence-electron chi connectivity index (χ3n) is 2.98. The van der Waals surface area contributed by atoms with Crippen LogP contribution in [-0.4, -0.2) is 12.1 Å². The molecule has 0 fully saturated rings. The first kappa shape index (κ1) is 16.2. The molecule has 0 aliphatic heterocycles. The molecular weight excluding hydrogens is 248 g/mol. The van der Waals surface area contributed by atoms with Gasteiger partial charge in [0.2, 0.25) is 0 Å². The maximum absolute atomic E-state index is 11.9. The lowest BCUT2D eigenvalue weighted by Crippen LogP contribution is -2.19.